The highest BCUT2D eigenvalue weighted by molar-refractivity contribution is 5.94. The number of hydrogen-bond acceptors (Lipinski definition) is 3. The smallest absolute Gasteiger partial charge is 0.253 e. The van der Waals surface area contributed by atoms with E-state index in [0.29, 0.717) is 17.2 Å². The van der Waals surface area contributed by atoms with Crippen LogP contribution < -0.4 is 5.32 Å². The number of halogens is 1. The van der Waals surface area contributed by atoms with Crippen molar-refractivity contribution in [1.82, 2.24) is 10.2 Å². The van der Waals surface area contributed by atoms with Crippen molar-refractivity contribution in [3.63, 3.8) is 0 Å². The maximum absolute atomic E-state index is 13.4. The van der Waals surface area contributed by atoms with E-state index in [1.807, 2.05) is 19.0 Å². The van der Waals surface area contributed by atoms with Crippen molar-refractivity contribution >= 4 is 5.91 Å². The van der Waals surface area contributed by atoms with E-state index in [9.17, 15) is 9.18 Å². The Labute approximate surface area is 163 Å². The minimum absolute atomic E-state index is 0.0240. The fourth-order valence-electron chi connectivity index (χ4n) is 3.75. The first kappa shape index (κ1) is 21.8. The van der Waals surface area contributed by atoms with E-state index in [0.717, 1.165) is 45.3 Å². The molecule has 0 heterocycles. The minimum atomic E-state index is -0.270. The van der Waals surface area contributed by atoms with Crippen molar-refractivity contribution in [1.29, 1.82) is 0 Å². The second-order valence-corrected chi connectivity index (χ2v) is 7.70. The summed E-state index contributed by atoms with van der Waals surface area (Å²) < 4.78 is 19.5. The first-order valence-electron chi connectivity index (χ1n) is 10.3. The summed E-state index contributed by atoms with van der Waals surface area (Å²) in [7, 11) is 3.85. The molecule has 0 atom stereocenters. The van der Waals surface area contributed by atoms with Crippen LogP contribution >= 0.6 is 0 Å². The van der Waals surface area contributed by atoms with Gasteiger partial charge in [0.15, 0.2) is 0 Å². The van der Waals surface area contributed by atoms with Gasteiger partial charge in [-0.15, -0.1) is 0 Å². The van der Waals surface area contributed by atoms with Gasteiger partial charge in [-0.3, -0.25) is 4.79 Å². The largest absolute Gasteiger partial charge is 0.378 e. The molecule has 1 N–H and O–H groups in total. The lowest BCUT2D eigenvalue weighted by molar-refractivity contribution is 0.00911. The zero-order valence-electron chi connectivity index (χ0n) is 17.1. The summed E-state index contributed by atoms with van der Waals surface area (Å²) in [5, 5.41) is 3.17. The molecule has 1 aromatic rings. The quantitative estimate of drug-likeness (QED) is 0.617. The average molecular weight is 379 g/mol. The molecule has 1 saturated carbocycles. The Bertz CT molecular complexity index is 586. The number of ether oxygens (including phenoxy) is 1. The zero-order valence-corrected chi connectivity index (χ0v) is 17.1. The van der Waals surface area contributed by atoms with Gasteiger partial charge in [0.1, 0.15) is 5.82 Å². The van der Waals surface area contributed by atoms with Gasteiger partial charge in [0.25, 0.3) is 5.91 Å². The monoisotopic (exact) mass is 378 g/mol. The van der Waals surface area contributed by atoms with Crippen LogP contribution in [0.3, 0.4) is 0 Å². The fourth-order valence-corrected chi connectivity index (χ4v) is 3.75. The second-order valence-electron chi connectivity index (χ2n) is 7.70. The summed E-state index contributed by atoms with van der Waals surface area (Å²) in [6.07, 6.45) is 9.12. The number of rotatable bonds is 10. The van der Waals surface area contributed by atoms with Crippen LogP contribution in [0.15, 0.2) is 18.2 Å². The Hall–Kier alpha value is -1.46. The first-order chi connectivity index (χ1) is 13.0. The Morgan fingerprint density at radius 2 is 1.89 bits per heavy atom. The maximum atomic E-state index is 13.4. The average Bonchev–Trinajstić information content (AvgIpc) is 2.69. The molecule has 0 spiro atoms. The molecule has 0 saturated heterocycles. The van der Waals surface area contributed by atoms with Crippen molar-refractivity contribution < 1.29 is 13.9 Å². The third-order valence-corrected chi connectivity index (χ3v) is 5.59. The SMILES string of the molecule is CNCCCCCCOC1CCC(N(C)C(=O)c2ccc(F)c(C)c2)CC1. The molecule has 27 heavy (non-hydrogen) atoms. The Kier molecular flexibility index (Phi) is 9.22. The predicted octanol–water partition coefficient (Wildman–Crippen LogP) is 4.31. The summed E-state index contributed by atoms with van der Waals surface area (Å²) in [6, 6.07) is 4.83. The summed E-state index contributed by atoms with van der Waals surface area (Å²) in [5.41, 5.74) is 1.07. The van der Waals surface area contributed by atoms with Gasteiger partial charge < -0.3 is 15.0 Å². The number of carbonyl (C=O) groups is 1. The molecule has 0 aromatic heterocycles. The molecule has 1 amide bonds. The molecule has 0 bridgehead atoms. The van der Waals surface area contributed by atoms with E-state index in [-0.39, 0.29) is 17.8 Å². The maximum Gasteiger partial charge on any atom is 0.253 e. The van der Waals surface area contributed by atoms with Gasteiger partial charge in [-0.2, -0.15) is 0 Å². The van der Waals surface area contributed by atoms with Crippen LogP contribution in [0.4, 0.5) is 4.39 Å². The van der Waals surface area contributed by atoms with Crippen LogP contribution in [-0.4, -0.2) is 50.2 Å². The molecule has 5 heteroatoms. The Balaban J connectivity index is 1.68. The predicted molar refractivity (Wildman–Crippen MR) is 108 cm³/mol. The van der Waals surface area contributed by atoms with Crippen LogP contribution in [-0.2, 0) is 4.74 Å². The van der Waals surface area contributed by atoms with E-state index in [4.69, 9.17) is 4.74 Å². The van der Waals surface area contributed by atoms with Gasteiger partial charge in [-0.1, -0.05) is 12.8 Å². The molecular formula is C22H35FN2O2. The molecule has 4 nitrogen and oxygen atoms in total. The third kappa shape index (κ3) is 6.89. The third-order valence-electron chi connectivity index (χ3n) is 5.59. The molecule has 1 aliphatic carbocycles. The standard InChI is InChI=1S/C22H35FN2O2/c1-17-16-18(8-13-21(17)23)22(26)25(3)19-9-11-20(12-10-19)27-15-7-5-4-6-14-24-2/h8,13,16,19-20,24H,4-7,9-12,14-15H2,1-3H3. The summed E-state index contributed by atoms with van der Waals surface area (Å²) in [5.74, 6) is -0.294. The highest BCUT2D eigenvalue weighted by Crippen LogP contribution is 2.26. The number of benzene rings is 1. The van der Waals surface area contributed by atoms with Crippen molar-refractivity contribution in [3.8, 4) is 0 Å². The first-order valence-corrected chi connectivity index (χ1v) is 10.3. The molecule has 2 rings (SSSR count). The summed E-state index contributed by atoms with van der Waals surface area (Å²) >= 11 is 0. The highest BCUT2D eigenvalue weighted by Gasteiger charge is 2.27. The lowest BCUT2D eigenvalue weighted by atomic mass is 9.91. The van der Waals surface area contributed by atoms with Gasteiger partial charge in [-0.05, 0) is 82.8 Å². The molecule has 152 valence electrons. The van der Waals surface area contributed by atoms with Crippen molar-refractivity contribution in [2.75, 3.05) is 27.2 Å². The van der Waals surface area contributed by atoms with Gasteiger partial charge in [-0.25, -0.2) is 4.39 Å². The number of hydrogen-bond donors (Lipinski definition) is 1. The van der Waals surface area contributed by atoms with Crippen LogP contribution in [0.2, 0.25) is 0 Å². The van der Waals surface area contributed by atoms with E-state index in [2.05, 4.69) is 5.32 Å². The van der Waals surface area contributed by atoms with Crippen molar-refractivity contribution in [3.05, 3.63) is 35.1 Å². The van der Waals surface area contributed by atoms with Crippen LogP contribution in [0.5, 0.6) is 0 Å². The highest BCUT2D eigenvalue weighted by atomic mass is 19.1. The lowest BCUT2D eigenvalue weighted by Gasteiger charge is -2.34. The molecular weight excluding hydrogens is 343 g/mol. The van der Waals surface area contributed by atoms with Crippen molar-refractivity contribution in [2.24, 2.45) is 0 Å². The van der Waals surface area contributed by atoms with Crippen molar-refractivity contribution in [2.45, 2.75) is 70.4 Å². The van der Waals surface area contributed by atoms with Crippen LogP contribution in [0.25, 0.3) is 0 Å². The summed E-state index contributed by atoms with van der Waals surface area (Å²) in [6.45, 7) is 3.63. The number of amides is 1. The van der Waals surface area contributed by atoms with E-state index in [1.54, 1.807) is 19.1 Å². The zero-order chi connectivity index (χ0) is 19.6. The number of unbranched alkanes of at least 4 members (excludes halogenated alkanes) is 3. The lowest BCUT2D eigenvalue weighted by Crippen LogP contribution is -2.40. The molecule has 0 aliphatic heterocycles. The number of nitrogens with zero attached hydrogens (tertiary/aromatic N) is 1. The van der Waals surface area contributed by atoms with Gasteiger partial charge in [0.2, 0.25) is 0 Å². The Morgan fingerprint density at radius 1 is 1.19 bits per heavy atom. The van der Waals surface area contributed by atoms with Gasteiger partial charge >= 0.3 is 0 Å². The number of aryl methyl sites for hydroxylation is 1. The Morgan fingerprint density at radius 3 is 2.56 bits per heavy atom. The topological polar surface area (TPSA) is 41.6 Å². The van der Waals surface area contributed by atoms with Gasteiger partial charge in [0.05, 0.1) is 6.10 Å². The fraction of sp³-hybridized carbons (Fsp3) is 0.682. The van der Waals surface area contributed by atoms with E-state index >= 15 is 0 Å². The molecule has 1 aliphatic rings. The molecule has 1 aromatic carbocycles. The number of nitrogens with one attached hydrogen (secondary N) is 1. The normalized spacial score (nSPS) is 19.9. The van der Waals surface area contributed by atoms with Crippen LogP contribution in [0, 0.1) is 12.7 Å². The summed E-state index contributed by atoms with van der Waals surface area (Å²) in [4.78, 5) is 14.5. The molecule has 0 radical (unpaired) electrons. The molecule has 0 unspecified atom stereocenters. The minimum Gasteiger partial charge on any atom is -0.378 e. The second kappa shape index (κ2) is 11.4. The van der Waals surface area contributed by atoms with Crippen LogP contribution in [0.1, 0.15) is 67.3 Å². The van der Waals surface area contributed by atoms with E-state index in [1.165, 1.54) is 25.3 Å². The number of carbonyl (C=O) groups excluding carboxylic acids is 1. The van der Waals surface area contributed by atoms with Gasteiger partial charge in [0, 0.05) is 25.3 Å². The van der Waals surface area contributed by atoms with E-state index < -0.39 is 0 Å². The molecule has 1 fully saturated rings.